The van der Waals surface area contributed by atoms with Gasteiger partial charge in [0.25, 0.3) is 0 Å². The summed E-state index contributed by atoms with van der Waals surface area (Å²) in [5.41, 5.74) is 1.21. The topological polar surface area (TPSA) is 37.3 Å². The Morgan fingerprint density at radius 3 is 3.00 bits per heavy atom. The summed E-state index contributed by atoms with van der Waals surface area (Å²) in [6.07, 6.45) is 4.55. The molecule has 70 valence electrons. The van der Waals surface area contributed by atoms with Crippen molar-refractivity contribution in [3.05, 3.63) is 30.1 Å². The highest BCUT2D eigenvalue weighted by Crippen LogP contribution is 1.99. The molecule has 0 aromatic carbocycles. The van der Waals surface area contributed by atoms with Gasteiger partial charge in [0, 0.05) is 25.4 Å². The van der Waals surface area contributed by atoms with Crippen molar-refractivity contribution in [3.63, 3.8) is 0 Å². The second kappa shape index (κ2) is 4.82. The molecular formula is C9H12ClN3. The van der Waals surface area contributed by atoms with Gasteiger partial charge in [0.05, 0.1) is 6.54 Å². The summed E-state index contributed by atoms with van der Waals surface area (Å²) in [6, 6.07) is 4.01. The minimum absolute atomic E-state index is 0. The highest BCUT2D eigenvalue weighted by molar-refractivity contribution is 5.85. The van der Waals surface area contributed by atoms with Crippen LogP contribution in [0.5, 0.6) is 0 Å². The molecule has 3 nitrogen and oxygen atoms in total. The van der Waals surface area contributed by atoms with Gasteiger partial charge in [-0.05, 0) is 11.6 Å². The lowest BCUT2D eigenvalue weighted by Crippen LogP contribution is -2.20. The second-order valence-electron chi connectivity index (χ2n) is 2.79. The van der Waals surface area contributed by atoms with Crippen LogP contribution in [0.4, 0.5) is 0 Å². The summed E-state index contributed by atoms with van der Waals surface area (Å²) in [5.74, 6) is 1.09. The van der Waals surface area contributed by atoms with Crippen LogP contribution in [-0.4, -0.2) is 23.9 Å². The van der Waals surface area contributed by atoms with Gasteiger partial charge in [-0.25, -0.2) is 0 Å². The van der Waals surface area contributed by atoms with Crippen molar-refractivity contribution < 1.29 is 0 Å². The minimum atomic E-state index is 0. The molecular weight excluding hydrogens is 186 g/mol. The summed E-state index contributed by atoms with van der Waals surface area (Å²) >= 11 is 0. The van der Waals surface area contributed by atoms with Crippen LogP contribution in [0.2, 0.25) is 0 Å². The molecule has 2 heterocycles. The van der Waals surface area contributed by atoms with Gasteiger partial charge in [0.1, 0.15) is 5.84 Å². The maximum absolute atomic E-state index is 4.31. The third-order valence-corrected chi connectivity index (χ3v) is 1.84. The van der Waals surface area contributed by atoms with Crippen molar-refractivity contribution in [2.24, 2.45) is 4.99 Å². The van der Waals surface area contributed by atoms with Crippen molar-refractivity contribution in [2.75, 3.05) is 13.1 Å². The zero-order chi connectivity index (χ0) is 8.23. The lowest BCUT2D eigenvalue weighted by atomic mass is 10.2. The van der Waals surface area contributed by atoms with E-state index in [1.165, 1.54) is 5.56 Å². The maximum atomic E-state index is 4.31. The van der Waals surface area contributed by atoms with Crippen molar-refractivity contribution >= 4 is 18.2 Å². The summed E-state index contributed by atoms with van der Waals surface area (Å²) in [5, 5.41) is 3.23. The molecule has 4 heteroatoms. The molecule has 0 spiro atoms. The van der Waals surface area contributed by atoms with Crippen molar-refractivity contribution in [1.82, 2.24) is 10.3 Å². The first-order valence-corrected chi connectivity index (χ1v) is 4.11. The largest absolute Gasteiger partial charge is 0.372 e. The summed E-state index contributed by atoms with van der Waals surface area (Å²) in [7, 11) is 0. The van der Waals surface area contributed by atoms with E-state index in [9.17, 15) is 0 Å². The Kier molecular flexibility index (Phi) is 3.71. The van der Waals surface area contributed by atoms with Gasteiger partial charge in [-0.1, -0.05) is 6.07 Å². The number of hydrogen-bond donors (Lipinski definition) is 1. The van der Waals surface area contributed by atoms with E-state index < -0.39 is 0 Å². The Balaban J connectivity index is 0.000000845. The summed E-state index contributed by atoms with van der Waals surface area (Å²) in [6.45, 7) is 1.89. The van der Waals surface area contributed by atoms with Gasteiger partial charge in [-0.2, -0.15) is 0 Å². The first-order chi connectivity index (χ1) is 5.95. The molecule has 0 aliphatic carbocycles. The van der Waals surface area contributed by atoms with Crippen LogP contribution in [0.25, 0.3) is 0 Å². The zero-order valence-electron chi connectivity index (χ0n) is 7.23. The van der Waals surface area contributed by atoms with Crippen LogP contribution in [0.15, 0.2) is 29.5 Å². The number of aromatic nitrogens is 1. The number of rotatable bonds is 2. The van der Waals surface area contributed by atoms with Crippen LogP contribution < -0.4 is 5.32 Å². The number of amidine groups is 1. The van der Waals surface area contributed by atoms with Crippen LogP contribution >= 0.6 is 12.4 Å². The van der Waals surface area contributed by atoms with Gasteiger partial charge < -0.3 is 5.32 Å². The molecule has 0 amide bonds. The van der Waals surface area contributed by atoms with Gasteiger partial charge >= 0.3 is 0 Å². The molecule has 1 aromatic rings. The fraction of sp³-hybridized carbons (Fsp3) is 0.333. The molecule has 1 aliphatic rings. The Hall–Kier alpha value is -1.09. The third kappa shape index (κ3) is 2.70. The monoisotopic (exact) mass is 197 g/mol. The van der Waals surface area contributed by atoms with Crippen LogP contribution in [-0.2, 0) is 6.42 Å². The minimum Gasteiger partial charge on any atom is -0.372 e. The van der Waals surface area contributed by atoms with Gasteiger partial charge in [0.15, 0.2) is 0 Å². The average Bonchev–Trinajstić information content (AvgIpc) is 2.59. The van der Waals surface area contributed by atoms with E-state index in [-0.39, 0.29) is 12.4 Å². The molecule has 0 atom stereocenters. The van der Waals surface area contributed by atoms with E-state index in [2.05, 4.69) is 21.4 Å². The third-order valence-electron chi connectivity index (χ3n) is 1.84. The standard InChI is InChI=1S/C9H11N3.ClH/c1-2-8(7-10-3-1)6-9-11-4-5-12-9;/h1-3,7H,4-6H2,(H,11,12);1H. The van der Waals surface area contributed by atoms with Crippen LogP contribution in [0.1, 0.15) is 5.56 Å². The lowest BCUT2D eigenvalue weighted by Gasteiger charge is -2.00. The van der Waals surface area contributed by atoms with Crippen LogP contribution in [0, 0.1) is 0 Å². The summed E-state index contributed by atoms with van der Waals surface area (Å²) in [4.78, 5) is 8.35. The Labute approximate surface area is 83.7 Å². The van der Waals surface area contributed by atoms with E-state index in [0.29, 0.717) is 0 Å². The first kappa shape index (κ1) is 9.99. The number of pyridine rings is 1. The highest BCUT2D eigenvalue weighted by Gasteiger charge is 2.04. The average molecular weight is 198 g/mol. The number of halogens is 1. The number of nitrogens with one attached hydrogen (secondary N) is 1. The molecule has 0 saturated carbocycles. The Bertz CT molecular complexity index is 284. The molecule has 1 N–H and O–H groups in total. The van der Waals surface area contributed by atoms with Crippen molar-refractivity contribution in [2.45, 2.75) is 6.42 Å². The quantitative estimate of drug-likeness (QED) is 0.770. The molecule has 13 heavy (non-hydrogen) atoms. The Morgan fingerprint density at radius 2 is 2.38 bits per heavy atom. The van der Waals surface area contributed by atoms with Gasteiger partial charge in [-0.15, -0.1) is 12.4 Å². The Morgan fingerprint density at radius 1 is 1.46 bits per heavy atom. The highest BCUT2D eigenvalue weighted by atomic mass is 35.5. The molecule has 0 saturated heterocycles. The van der Waals surface area contributed by atoms with Crippen molar-refractivity contribution in [3.8, 4) is 0 Å². The van der Waals surface area contributed by atoms with E-state index in [4.69, 9.17) is 0 Å². The summed E-state index contributed by atoms with van der Waals surface area (Å²) < 4.78 is 0. The van der Waals surface area contributed by atoms with Gasteiger partial charge in [0.2, 0.25) is 0 Å². The maximum Gasteiger partial charge on any atom is 0.101 e. The zero-order valence-corrected chi connectivity index (χ0v) is 8.05. The molecule has 1 aliphatic heterocycles. The molecule has 0 bridgehead atoms. The number of hydrogen-bond acceptors (Lipinski definition) is 3. The molecule has 1 aromatic heterocycles. The van der Waals surface area contributed by atoms with E-state index >= 15 is 0 Å². The fourth-order valence-corrected chi connectivity index (χ4v) is 1.26. The van der Waals surface area contributed by atoms with Crippen LogP contribution in [0.3, 0.4) is 0 Å². The van der Waals surface area contributed by atoms with E-state index in [1.54, 1.807) is 6.20 Å². The molecule has 0 radical (unpaired) electrons. The van der Waals surface area contributed by atoms with E-state index in [1.807, 2.05) is 12.3 Å². The van der Waals surface area contributed by atoms with Gasteiger partial charge in [-0.3, -0.25) is 9.98 Å². The molecule has 0 fully saturated rings. The lowest BCUT2D eigenvalue weighted by molar-refractivity contribution is 0.953. The second-order valence-corrected chi connectivity index (χ2v) is 2.79. The smallest absolute Gasteiger partial charge is 0.101 e. The number of nitrogens with zero attached hydrogens (tertiary/aromatic N) is 2. The predicted molar refractivity (Wildman–Crippen MR) is 55.5 cm³/mol. The van der Waals surface area contributed by atoms with E-state index in [0.717, 1.165) is 25.3 Å². The van der Waals surface area contributed by atoms with Crippen molar-refractivity contribution in [1.29, 1.82) is 0 Å². The first-order valence-electron chi connectivity index (χ1n) is 4.11. The normalized spacial score (nSPS) is 14.3. The SMILES string of the molecule is Cl.c1cncc(CC2=NCCN2)c1. The predicted octanol–water partition coefficient (Wildman–Crippen LogP) is 1.05. The number of aliphatic imine (C=N–C) groups is 1. The molecule has 2 rings (SSSR count). The fourth-order valence-electron chi connectivity index (χ4n) is 1.26. The molecule has 0 unspecified atom stereocenters.